The number of rotatable bonds is 4. The number of hydrogen-bond acceptors (Lipinski definition) is 5. The van der Waals surface area contributed by atoms with Gasteiger partial charge in [0.05, 0.1) is 0 Å². The first-order valence-electron chi connectivity index (χ1n) is 8.26. The molecule has 1 amide bonds. The molecular formula is C17H28N4O2. The van der Waals surface area contributed by atoms with Gasteiger partial charge in [-0.2, -0.15) is 0 Å². The molecule has 1 fully saturated rings. The molecule has 1 aliphatic rings. The number of carbonyl (C=O) groups is 1. The summed E-state index contributed by atoms with van der Waals surface area (Å²) in [6.07, 6.45) is 4.01. The monoisotopic (exact) mass is 320 g/mol. The Morgan fingerprint density at radius 1 is 1.43 bits per heavy atom. The number of ether oxygens (including phenoxy) is 1. The maximum atomic E-state index is 12.6. The number of hydrogen-bond donors (Lipinski definition) is 2. The van der Waals surface area contributed by atoms with Gasteiger partial charge in [-0.15, -0.1) is 0 Å². The van der Waals surface area contributed by atoms with E-state index >= 15 is 0 Å². The van der Waals surface area contributed by atoms with E-state index in [1.807, 2.05) is 37.8 Å². The van der Waals surface area contributed by atoms with Crippen LogP contribution in [0.25, 0.3) is 0 Å². The number of nitrogens with one attached hydrogen (secondary N) is 1. The fraction of sp³-hybridized carbons (Fsp3) is 0.647. The van der Waals surface area contributed by atoms with Crippen LogP contribution in [0.4, 0.5) is 10.6 Å². The molecule has 0 bridgehead atoms. The standard InChI is InChI=1S/C17H28N4O2/c1-17(2,3)23-16(22)21(14-6-10-19-11-7-14)12-8-13-5-4-9-20-15(13)18/h4-5,9,14,19H,6-8,10-12H2,1-3H3,(H2,18,20). The van der Waals surface area contributed by atoms with Gasteiger partial charge in [-0.25, -0.2) is 9.78 Å². The van der Waals surface area contributed by atoms with E-state index in [2.05, 4.69) is 10.3 Å². The van der Waals surface area contributed by atoms with Gasteiger partial charge in [-0.05, 0) is 64.8 Å². The molecule has 0 radical (unpaired) electrons. The van der Waals surface area contributed by atoms with Crippen molar-refractivity contribution in [3.05, 3.63) is 23.9 Å². The average Bonchev–Trinajstić information content (AvgIpc) is 2.48. The highest BCUT2D eigenvalue weighted by molar-refractivity contribution is 5.68. The number of aromatic nitrogens is 1. The van der Waals surface area contributed by atoms with E-state index in [-0.39, 0.29) is 12.1 Å². The fourth-order valence-electron chi connectivity index (χ4n) is 2.76. The first kappa shape index (κ1) is 17.5. The maximum absolute atomic E-state index is 12.6. The van der Waals surface area contributed by atoms with Gasteiger partial charge in [-0.1, -0.05) is 6.07 Å². The summed E-state index contributed by atoms with van der Waals surface area (Å²) in [5, 5.41) is 3.33. The van der Waals surface area contributed by atoms with Crippen molar-refractivity contribution in [2.45, 2.75) is 51.7 Å². The number of nitrogen functional groups attached to an aromatic ring is 1. The van der Waals surface area contributed by atoms with Crippen molar-refractivity contribution in [3.63, 3.8) is 0 Å². The first-order valence-corrected chi connectivity index (χ1v) is 8.26. The summed E-state index contributed by atoms with van der Waals surface area (Å²) in [5.41, 5.74) is 6.38. The second-order valence-electron chi connectivity index (χ2n) is 6.95. The van der Waals surface area contributed by atoms with E-state index in [0.717, 1.165) is 31.5 Å². The van der Waals surface area contributed by atoms with Crippen molar-refractivity contribution in [1.82, 2.24) is 15.2 Å². The third-order valence-electron chi connectivity index (χ3n) is 3.93. The fourth-order valence-corrected chi connectivity index (χ4v) is 2.76. The molecule has 1 aliphatic heterocycles. The van der Waals surface area contributed by atoms with Gasteiger partial charge in [0, 0.05) is 18.8 Å². The number of amides is 1. The molecular weight excluding hydrogens is 292 g/mol. The van der Waals surface area contributed by atoms with E-state index in [0.29, 0.717) is 18.8 Å². The normalized spacial score (nSPS) is 16.1. The smallest absolute Gasteiger partial charge is 0.410 e. The minimum atomic E-state index is -0.490. The molecule has 6 heteroatoms. The van der Waals surface area contributed by atoms with Crippen molar-refractivity contribution in [3.8, 4) is 0 Å². The molecule has 1 aromatic heterocycles. The zero-order valence-corrected chi connectivity index (χ0v) is 14.3. The lowest BCUT2D eigenvalue weighted by molar-refractivity contribution is 0.0132. The zero-order valence-electron chi connectivity index (χ0n) is 14.3. The molecule has 0 saturated carbocycles. The van der Waals surface area contributed by atoms with Crippen LogP contribution in [0, 0.1) is 0 Å². The van der Waals surface area contributed by atoms with Crippen LogP contribution in [0.5, 0.6) is 0 Å². The summed E-state index contributed by atoms with van der Waals surface area (Å²) >= 11 is 0. The second-order valence-corrected chi connectivity index (χ2v) is 6.95. The number of anilines is 1. The van der Waals surface area contributed by atoms with Crippen molar-refractivity contribution in [2.75, 3.05) is 25.4 Å². The Bertz CT molecular complexity index is 522. The molecule has 1 saturated heterocycles. The summed E-state index contributed by atoms with van der Waals surface area (Å²) in [5.74, 6) is 0.530. The molecule has 3 N–H and O–H groups in total. The van der Waals surface area contributed by atoms with Crippen molar-refractivity contribution < 1.29 is 9.53 Å². The molecule has 128 valence electrons. The minimum absolute atomic E-state index is 0.212. The number of piperidine rings is 1. The zero-order chi connectivity index (χ0) is 16.9. The molecule has 6 nitrogen and oxygen atoms in total. The minimum Gasteiger partial charge on any atom is -0.444 e. The summed E-state index contributed by atoms with van der Waals surface area (Å²) in [4.78, 5) is 18.6. The van der Waals surface area contributed by atoms with Crippen LogP contribution in [0.1, 0.15) is 39.2 Å². The van der Waals surface area contributed by atoms with Crippen LogP contribution in [0.2, 0.25) is 0 Å². The summed E-state index contributed by atoms with van der Waals surface area (Å²) < 4.78 is 5.59. The van der Waals surface area contributed by atoms with Crippen molar-refractivity contribution >= 4 is 11.9 Å². The molecule has 2 heterocycles. The Balaban J connectivity index is 2.06. The predicted molar refractivity (Wildman–Crippen MR) is 91.2 cm³/mol. The topological polar surface area (TPSA) is 80.5 Å². The largest absolute Gasteiger partial charge is 0.444 e. The van der Waals surface area contributed by atoms with E-state index in [4.69, 9.17) is 10.5 Å². The summed E-state index contributed by atoms with van der Waals surface area (Å²) in [6.45, 7) is 8.13. The van der Waals surface area contributed by atoms with Crippen LogP contribution < -0.4 is 11.1 Å². The quantitative estimate of drug-likeness (QED) is 0.889. The third kappa shape index (κ3) is 5.39. The number of nitrogens with two attached hydrogens (primary N) is 1. The summed E-state index contributed by atoms with van der Waals surface area (Å²) in [7, 11) is 0. The van der Waals surface area contributed by atoms with Crippen LogP contribution in [0.3, 0.4) is 0 Å². The summed E-state index contributed by atoms with van der Waals surface area (Å²) in [6, 6.07) is 4.04. The highest BCUT2D eigenvalue weighted by Crippen LogP contribution is 2.18. The highest BCUT2D eigenvalue weighted by atomic mass is 16.6. The lowest BCUT2D eigenvalue weighted by Gasteiger charge is -2.36. The lowest BCUT2D eigenvalue weighted by Crippen LogP contribution is -2.48. The molecule has 0 spiro atoms. The number of carbonyl (C=O) groups excluding carboxylic acids is 1. The van der Waals surface area contributed by atoms with Crippen molar-refractivity contribution in [2.24, 2.45) is 0 Å². The Labute approximate surface area is 138 Å². The average molecular weight is 320 g/mol. The second kappa shape index (κ2) is 7.64. The van der Waals surface area contributed by atoms with Gasteiger partial charge in [0.2, 0.25) is 0 Å². The van der Waals surface area contributed by atoms with E-state index in [9.17, 15) is 4.79 Å². The third-order valence-corrected chi connectivity index (χ3v) is 3.93. The Morgan fingerprint density at radius 2 is 2.13 bits per heavy atom. The molecule has 2 rings (SSSR count). The maximum Gasteiger partial charge on any atom is 0.410 e. The van der Waals surface area contributed by atoms with Crippen LogP contribution >= 0.6 is 0 Å². The van der Waals surface area contributed by atoms with E-state index in [1.165, 1.54) is 0 Å². The van der Waals surface area contributed by atoms with Crippen LogP contribution in [0.15, 0.2) is 18.3 Å². The van der Waals surface area contributed by atoms with Gasteiger partial charge in [0.25, 0.3) is 0 Å². The van der Waals surface area contributed by atoms with Crippen molar-refractivity contribution in [1.29, 1.82) is 0 Å². The molecule has 1 aromatic rings. The van der Waals surface area contributed by atoms with Gasteiger partial charge in [0.1, 0.15) is 11.4 Å². The van der Waals surface area contributed by atoms with E-state index in [1.54, 1.807) is 6.20 Å². The Hall–Kier alpha value is -1.82. The molecule has 0 aromatic carbocycles. The molecule has 0 aliphatic carbocycles. The van der Waals surface area contributed by atoms with E-state index < -0.39 is 5.60 Å². The SMILES string of the molecule is CC(C)(C)OC(=O)N(CCc1cccnc1N)C1CCNCC1. The predicted octanol–water partition coefficient (Wildman–Crippen LogP) is 2.20. The first-order chi connectivity index (χ1) is 10.9. The Kier molecular flexibility index (Phi) is 5.82. The van der Waals surface area contributed by atoms with Gasteiger partial charge in [-0.3, -0.25) is 0 Å². The van der Waals surface area contributed by atoms with Gasteiger partial charge in [0.15, 0.2) is 0 Å². The molecule has 23 heavy (non-hydrogen) atoms. The van der Waals surface area contributed by atoms with Gasteiger partial charge >= 0.3 is 6.09 Å². The number of nitrogens with zero attached hydrogens (tertiary/aromatic N) is 2. The van der Waals surface area contributed by atoms with Crippen LogP contribution in [-0.2, 0) is 11.2 Å². The lowest BCUT2D eigenvalue weighted by atomic mass is 10.0. The van der Waals surface area contributed by atoms with Gasteiger partial charge < -0.3 is 20.7 Å². The molecule has 0 atom stereocenters. The Morgan fingerprint density at radius 3 is 2.74 bits per heavy atom. The highest BCUT2D eigenvalue weighted by Gasteiger charge is 2.29. The number of pyridine rings is 1. The molecule has 0 unspecified atom stereocenters. The van der Waals surface area contributed by atoms with Crippen LogP contribution in [-0.4, -0.2) is 47.3 Å².